The van der Waals surface area contributed by atoms with Crippen LogP contribution in [0, 0.1) is 13.8 Å². The molecule has 0 aliphatic carbocycles. The number of aryl methyl sites for hydroxylation is 2. The fourth-order valence-corrected chi connectivity index (χ4v) is 2.27. The van der Waals surface area contributed by atoms with E-state index in [-0.39, 0.29) is 5.91 Å². The Labute approximate surface area is 117 Å². The van der Waals surface area contributed by atoms with Crippen molar-refractivity contribution in [1.29, 1.82) is 0 Å². The van der Waals surface area contributed by atoms with Crippen LogP contribution in [0.2, 0.25) is 0 Å². The van der Waals surface area contributed by atoms with Gasteiger partial charge in [0.15, 0.2) is 0 Å². The topological polar surface area (TPSA) is 44.9 Å². The molecule has 3 nitrogen and oxygen atoms in total. The Kier molecular flexibility index (Phi) is 3.03. The molecular formula is C17H16N2O. The van der Waals surface area contributed by atoms with Gasteiger partial charge in [-0.1, -0.05) is 30.3 Å². The fourth-order valence-electron chi connectivity index (χ4n) is 2.27. The fraction of sp³-hybridized carbons (Fsp3) is 0.118. The summed E-state index contributed by atoms with van der Waals surface area (Å²) in [5, 5.41) is 3.98. The minimum atomic E-state index is -0.117. The predicted octanol–water partition coefficient (Wildman–Crippen LogP) is 4.04. The molecule has 1 amide bonds. The zero-order valence-corrected chi connectivity index (χ0v) is 11.5. The molecule has 3 heteroatoms. The van der Waals surface area contributed by atoms with E-state index in [1.54, 1.807) is 0 Å². The minimum absolute atomic E-state index is 0.117. The van der Waals surface area contributed by atoms with Crippen molar-refractivity contribution in [3.8, 4) is 0 Å². The molecule has 0 bridgehead atoms. The van der Waals surface area contributed by atoms with Crippen molar-refractivity contribution in [2.75, 3.05) is 5.32 Å². The van der Waals surface area contributed by atoms with E-state index in [1.165, 1.54) is 5.56 Å². The summed E-state index contributed by atoms with van der Waals surface area (Å²) in [7, 11) is 0. The molecule has 0 saturated carbocycles. The van der Waals surface area contributed by atoms with Crippen LogP contribution in [0.25, 0.3) is 10.9 Å². The third kappa shape index (κ3) is 2.30. The van der Waals surface area contributed by atoms with Gasteiger partial charge < -0.3 is 10.3 Å². The van der Waals surface area contributed by atoms with Gasteiger partial charge in [0.2, 0.25) is 0 Å². The van der Waals surface area contributed by atoms with Crippen LogP contribution in [-0.2, 0) is 0 Å². The van der Waals surface area contributed by atoms with Crippen molar-refractivity contribution >= 4 is 22.5 Å². The van der Waals surface area contributed by atoms with Gasteiger partial charge in [-0.25, -0.2) is 0 Å². The number of amides is 1. The summed E-state index contributed by atoms with van der Waals surface area (Å²) in [6.07, 6.45) is 0. The minimum Gasteiger partial charge on any atom is -0.351 e. The van der Waals surface area contributed by atoms with Crippen molar-refractivity contribution < 1.29 is 4.79 Å². The Morgan fingerprint density at radius 3 is 2.65 bits per heavy atom. The summed E-state index contributed by atoms with van der Waals surface area (Å²) >= 11 is 0. The molecule has 100 valence electrons. The molecule has 20 heavy (non-hydrogen) atoms. The maximum Gasteiger partial charge on any atom is 0.272 e. The van der Waals surface area contributed by atoms with Crippen molar-refractivity contribution in [3.05, 3.63) is 65.4 Å². The van der Waals surface area contributed by atoms with E-state index in [0.29, 0.717) is 5.69 Å². The van der Waals surface area contributed by atoms with E-state index in [9.17, 15) is 4.79 Å². The molecule has 0 fully saturated rings. The zero-order valence-electron chi connectivity index (χ0n) is 11.5. The Morgan fingerprint density at radius 1 is 1.05 bits per heavy atom. The Bertz CT molecular complexity index is 787. The average molecular weight is 264 g/mol. The first-order chi connectivity index (χ1) is 9.63. The maximum absolute atomic E-state index is 12.3. The number of carbonyl (C=O) groups is 1. The summed E-state index contributed by atoms with van der Waals surface area (Å²) < 4.78 is 0. The van der Waals surface area contributed by atoms with Gasteiger partial charge >= 0.3 is 0 Å². The molecule has 0 aliphatic rings. The quantitative estimate of drug-likeness (QED) is 0.721. The second-order valence-electron chi connectivity index (χ2n) is 5.04. The van der Waals surface area contributed by atoms with E-state index in [1.807, 2.05) is 62.4 Å². The number of anilines is 1. The number of H-pyrrole nitrogens is 1. The smallest absolute Gasteiger partial charge is 0.272 e. The first-order valence-electron chi connectivity index (χ1n) is 6.60. The number of carbonyl (C=O) groups excluding carboxylic acids is 1. The van der Waals surface area contributed by atoms with Gasteiger partial charge in [-0.15, -0.1) is 0 Å². The standard InChI is InChI=1S/C17H16N2O/c1-11-7-8-13-10-16(18-15(13)9-11)17(20)19-14-6-4-3-5-12(14)2/h3-10,18H,1-2H3,(H,19,20). The molecule has 2 N–H and O–H groups in total. The van der Waals surface area contributed by atoms with Gasteiger partial charge in [0, 0.05) is 16.6 Å². The molecule has 1 aromatic heterocycles. The third-order valence-corrected chi connectivity index (χ3v) is 3.42. The third-order valence-electron chi connectivity index (χ3n) is 3.42. The van der Waals surface area contributed by atoms with Crippen LogP contribution in [0.4, 0.5) is 5.69 Å². The lowest BCUT2D eigenvalue weighted by atomic mass is 10.2. The second-order valence-corrected chi connectivity index (χ2v) is 5.04. The van der Waals surface area contributed by atoms with E-state index < -0.39 is 0 Å². The monoisotopic (exact) mass is 264 g/mol. The van der Waals surface area contributed by atoms with Crippen LogP contribution in [0.15, 0.2) is 48.5 Å². The number of hydrogen-bond donors (Lipinski definition) is 2. The van der Waals surface area contributed by atoms with E-state index in [4.69, 9.17) is 0 Å². The van der Waals surface area contributed by atoms with Gasteiger partial charge in [-0.3, -0.25) is 4.79 Å². The normalized spacial score (nSPS) is 10.7. The van der Waals surface area contributed by atoms with Crippen LogP contribution in [-0.4, -0.2) is 10.9 Å². The maximum atomic E-state index is 12.3. The lowest BCUT2D eigenvalue weighted by molar-refractivity contribution is 0.102. The van der Waals surface area contributed by atoms with Crippen LogP contribution in [0.5, 0.6) is 0 Å². The molecule has 3 aromatic rings. The Morgan fingerprint density at radius 2 is 1.85 bits per heavy atom. The highest BCUT2D eigenvalue weighted by Gasteiger charge is 2.10. The van der Waals surface area contributed by atoms with Gasteiger partial charge in [0.1, 0.15) is 5.69 Å². The van der Waals surface area contributed by atoms with Gasteiger partial charge in [0.25, 0.3) is 5.91 Å². The zero-order chi connectivity index (χ0) is 14.1. The highest BCUT2D eigenvalue weighted by molar-refractivity contribution is 6.06. The van der Waals surface area contributed by atoms with Gasteiger partial charge in [-0.2, -0.15) is 0 Å². The molecule has 3 rings (SSSR count). The number of benzene rings is 2. The molecule has 0 aliphatic heterocycles. The first-order valence-corrected chi connectivity index (χ1v) is 6.60. The summed E-state index contributed by atoms with van der Waals surface area (Å²) in [6, 6.07) is 15.7. The summed E-state index contributed by atoms with van der Waals surface area (Å²) in [6.45, 7) is 4.01. The van der Waals surface area contributed by atoms with Crippen LogP contribution in [0.3, 0.4) is 0 Å². The van der Waals surface area contributed by atoms with Crippen molar-refractivity contribution in [1.82, 2.24) is 4.98 Å². The number of aromatic amines is 1. The summed E-state index contributed by atoms with van der Waals surface area (Å²) in [4.78, 5) is 15.4. The number of fused-ring (bicyclic) bond motifs is 1. The van der Waals surface area contributed by atoms with Crippen molar-refractivity contribution in [3.63, 3.8) is 0 Å². The van der Waals surface area contributed by atoms with E-state index >= 15 is 0 Å². The molecule has 0 atom stereocenters. The average Bonchev–Trinajstić information content (AvgIpc) is 2.84. The van der Waals surface area contributed by atoms with E-state index in [0.717, 1.165) is 22.2 Å². The van der Waals surface area contributed by atoms with E-state index in [2.05, 4.69) is 10.3 Å². The SMILES string of the molecule is Cc1ccc2cc(C(=O)Nc3ccccc3C)[nH]c2c1. The number of para-hydroxylation sites is 1. The van der Waals surface area contributed by atoms with Crippen molar-refractivity contribution in [2.24, 2.45) is 0 Å². The molecule has 0 unspecified atom stereocenters. The number of hydrogen-bond acceptors (Lipinski definition) is 1. The number of aromatic nitrogens is 1. The molecule has 0 spiro atoms. The highest BCUT2D eigenvalue weighted by Crippen LogP contribution is 2.19. The molecule has 1 heterocycles. The molecular weight excluding hydrogens is 248 g/mol. The largest absolute Gasteiger partial charge is 0.351 e. The predicted molar refractivity (Wildman–Crippen MR) is 82.2 cm³/mol. The van der Waals surface area contributed by atoms with Gasteiger partial charge in [0.05, 0.1) is 0 Å². The molecule has 0 saturated heterocycles. The lowest BCUT2D eigenvalue weighted by Gasteiger charge is -2.06. The molecule has 0 radical (unpaired) electrons. The van der Waals surface area contributed by atoms with Crippen LogP contribution >= 0.6 is 0 Å². The Balaban J connectivity index is 1.91. The first kappa shape index (κ1) is 12.5. The summed E-state index contributed by atoms with van der Waals surface area (Å²) in [5.41, 5.74) is 4.62. The Hall–Kier alpha value is -2.55. The number of nitrogens with one attached hydrogen (secondary N) is 2. The van der Waals surface area contributed by atoms with Gasteiger partial charge in [-0.05, 0) is 43.2 Å². The molecule has 2 aromatic carbocycles. The lowest BCUT2D eigenvalue weighted by Crippen LogP contribution is -2.12. The van der Waals surface area contributed by atoms with Crippen LogP contribution < -0.4 is 5.32 Å². The van der Waals surface area contributed by atoms with Crippen LogP contribution in [0.1, 0.15) is 21.6 Å². The second kappa shape index (κ2) is 4.85. The number of rotatable bonds is 2. The van der Waals surface area contributed by atoms with Crippen molar-refractivity contribution in [2.45, 2.75) is 13.8 Å². The highest BCUT2D eigenvalue weighted by atomic mass is 16.1. The summed E-state index contributed by atoms with van der Waals surface area (Å²) in [5.74, 6) is -0.117.